The molecule has 19 heavy (non-hydrogen) atoms. The van der Waals surface area contributed by atoms with Crippen LogP contribution in [0.2, 0.25) is 0 Å². The van der Waals surface area contributed by atoms with Crippen molar-refractivity contribution in [2.75, 3.05) is 13.1 Å². The molecule has 0 radical (unpaired) electrons. The summed E-state index contributed by atoms with van der Waals surface area (Å²) in [7, 11) is 0. The fourth-order valence-corrected chi connectivity index (χ4v) is 2.10. The highest BCUT2D eigenvalue weighted by Crippen LogP contribution is 1.97. The van der Waals surface area contributed by atoms with Crippen LogP contribution in [0.3, 0.4) is 0 Å². The van der Waals surface area contributed by atoms with Crippen molar-refractivity contribution >= 4 is 5.65 Å². The van der Waals surface area contributed by atoms with Crippen LogP contribution in [-0.4, -0.2) is 27.3 Å². The SMILES string of the molecule is CCCCCCNCCn1nc2ccccn2c1=O. The van der Waals surface area contributed by atoms with E-state index < -0.39 is 0 Å². The van der Waals surface area contributed by atoms with Gasteiger partial charge in [0.25, 0.3) is 0 Å². The standard InChI is InChI=1S/C14H22N4O/c1-2-3-4-6-9-15-10-12-18-14(19)17-11-7-5-8-13(17)16-18/h5,7-8,11,15H,2-4,6,9-10,12H2,1H3. The fourth-order valence-electron chi connectivity index (χ4n) is 2.10. The number of rotatable bonds is 8. The van der Waals surface area contributed by atoms with Gasteiger partial charge in [-0.2, -0.15) is 0 Å². The molecule has 0 aliphatic heterocycles. The Bertz CT molecular complexity index is 558. The summed E-state index contributed by atoms with van der Waals surface area (Å²) < 4.78 is 3.09. The number of hydrogen-bond donors (Lipinski definition) is 1. The summed E-state index contributed by atoms with van der Waals surface area (Å²) in [6.45, 7) is 4.63. The van der Waals surface area contributed by atoms with E-state index in [0.717, 1.165) is 13.1 Å². The van der Waals surface area contributed by atoms with Gasteiger partial charge in [-0.3, -0.25) is 4.40 Å². The molecular formula is C14H22N4O. The zero-order valence-electron chi connectivity index (χ0n) is 11.5. The third-order valence-corrected chi connectivity index (χ3v) is 3.20. The Morgan fingerprint density at radius 2 is 2.11 bits per heavy atom. The van der Waals surface area contributed by atoms with E-state index in [9.17, 15) is 4.79 Å². The van der Waals surface area contributed by atoms with Crippen LogP contribution in [0, 0.1) is 0 Å². The molecule has 5 nitrogen and oxygen atoms in total. The number of unbranched alkanes of at least 4 members (excludes halogenated alkanes) is 3. The van der Waals surface area contributed by atoms with Gasteiger partial charge >= 0.3 is 5.69 Å². The zero-order valence-corrected chi connectivity index (χ0v) is 11.5. The lowest BCUT2D eigenvalue weighted by atomic mass is 10.2. The second-order valence-electron chi connectivity index (χ2n) is 4.75. The maximum absolute atomic E-state index is 12.0. The molecular weight excluding hydrogens is 240 g/mol. The van der Waals surface area contributed by atoms with Crippen molar-refractivity contribution in [3.05, 3.63) is 34.9 Å². The van der Waals surface area contributed by atoms with Gasteiger partial charge in [-0.15, -0.1) is 5.10 Å². The summed E-state index contributed by atoms with van der Waals surface area (Å²) in [6, 6.07) is 5.57. The van der Waals surface area contributed by atoms with Gasteiger partial charge in [-0.05, 0) is 25.1 Å². The first-order valence-corrected chi connectivity index (χ1v) is 7.08. The number of hydrogen-bond acceptors (Lipinski definition) is 3. The van der Waals surface area contributed by atoms with E-state index in [4.69, 9.17) is 0 Å². The van der Waals surface area contributed by atoms with Crippen molar-refractivity contribution in [3.63, 3.8) is 0 Å². The second-order valence-corrected chi connectivity index (χ2v) is 4.75. The van der Waals surface area contributed by atoms with Crippen LogP contribution >= 0.6 is 0 Å². The van der Waals surface area contributed by atoms with Crippen molar-refractivity contribution in [2.24, 2.45) is 0 Å². The molecule has 0 bridgehead atoms. The lowest BCUT2D eigenvalue weighted by Crippen LogP contribution is -2.28. The van der Waals surface area contributed by atoms with Crippen LogP contribution in [0.5, 0.6) is 0 Å². The third-order valence-electron chi connectivity index (χ3n) is 3.20. The number of nitrogens with zero attached hydrogens (tertiary/aromatic N) is 3. The Kier molecular flexibility index (Phi) is 5.15. The van der Waals surface area contributed by atoms with Crippen molar-refractivity contribution < 1.29 is 0 Å². The molecule has 2 heterocycles. The summed E-state index contributed by atoms with van der Waals surface area (Å²) in [5.41, 5.74) is 0.638. The van der Waals surface area contributed by atoms with E-state index in [2.05, 4.69) is 17.3 Å². The summed E-state index contributed by atoms with van der Waals surface area (Å²) in [5.74, 6) is 0. The van der Waals surface area contributed by atoms with Gasteiger partial charge in [0.15, 0.2) is 5.65 Å². The van der Waals surface area contributed by atoms with Crippen molar-refractivity contribution in [3.8, 4) is 0 Å². The van der Waals surface area contributed by atoms with Crippen molar-refractivity contribution in [1.29, 1.82) is 0 Å². The van der Waals surface area contributed by atoms with Crippen LogP contribution < -0.4 is 11.0 Å². The minimum Gasteiger partial charge on any atom is -0.315 e. The highest BCUT2D eigenvalue weighted by molar-refractivity contribution is 5.35. The van der Waals surface area contributed by atoms with Crippen LogP contribution in [-0.2, 0) is 6.54 Å². The summed E-state index contributed by atoms with van der Waals surface area (Å²) in [5, 5.41) is 7.64. The fraction of sp³-hybridized carbons (Fsp3) is 0.571. The summed E-state index contributed by atoms with van der Waals surface area (Å²) >= 11 is 0. The first-order chi connectivity index (χ1) is 9.33. The van der Waals surface area contributed by atoms with Crippen molar-refractivity contribution in [1.82, 2.24) is 19.5 Å². The van der Waals surface area contributed by atoms with Gasteiger partial charge in [-0.1, -0.05) is 32.3 Å². The average molecular weight is 262 g/mol. The predicted molar refractivity (Wildman–Crippen MR) is 76.5 cm³/mol. The monoisotopic (exact) mass is 262 g/mol. The number of nitrogens with one attached hydrogen (secondary N) is 1. The van der Waals surface area contributed by atoms with Gasteiger partial charge in [0.1, 0.15) is 0 Å². The first kappa shape index (κ1) is 13.8. The van der Waals surface area contributed by atoms with Gasteiger partial charge < -0.3 is 5.32 Å². The predicted octanol–water partition coefficient (Wildman–Crippen LogP) is 1.67. The summed E-state index contributed by atoms with van der Waals surface area (Å²) in [6.07, 6.45) is 6.79. The maximum Gasteiger partial charge on any atom is 0.350 e. The molecule has 0 atom stereocenters. The Morgan fingerprint density at radius 3 is 2.89 bits per heavy atom. The Morgan fingerprint density at radius 1 is 1.21 bits per heavy atom. The molecule has 104 valence electrons. The zero-order chi connectivity index (χ0) is 13.5. The van der Waals surface area contributed by atoms with Gasteiger partial charge in [0, 0.05) is 12.7 Å². The van der Waals surface area contributed by atoms with Crippen LogP contribution in [0.25, 0.3) is 5.65 Å². The molecule has 2 rings (SSSR count). The molecule has 2 aromatic heterocycles. The van der Waals surface area contributed by atoms with Gasteiger partial charge in [0.05, 0.1) is 6.54 Å². The lowest BCUT2D eigenvalue weighted by molar-refractivity contribution is 0.525. The minimum atomic E-state index is -0.0663. The van der Waals surface area contributed by atoms with Gasteiger partial charge in [-0.25, -0.2) is 9.48 Å². The molecule has 5 heteroatoms. The third kappa shape index (κ3) is 3.67. The van der Waals surface area contributed by atoms with Crippen molar-refractivity contribution in [2.45, 2.75) is 39.2 Å². The summed E-state index contributed by atoms with van der Waals surface area (Å²) in [4.78, 5) is 12.0. The molecule has 0 aliphatic rings. The maximum atomic E-state index is 12.0. The molecule has 2 aromatic rings. The van der Waals surface area contributed by atoms with E-state index in [-0.39, 0.29) is 5.69 Å². The normalized spacial score (nSPS) is 11.2. The second kappa shape index (κ2) is 7.09. The Labute approximate surface area is 113 Å². The molecule has 0 spiro atoms. The van der Waals surface area contributed by atoms with Crippen LogP contribution in [0.4, 0.5) is 0 Å². The highest BCUT2D eigenvalue weighted by atomic mass is 16.2. The first-order valence-electron chi connectivity index (χ1n) is 7.08. The number of aromatic nitrogens is 3. The molecule has 1 N–H and O–H groups in total. The van der Waals surface area contributed by atoms with Crippen LogP contribution in [0.1, 0.15) is 32.6 Å². The van der Waals surface area contributed by atoms with E-state index in [1.807, 2.05) is 18.2 Å². The molecule has 0 saturated carbocycles. The lowest BCUT2D eigenvalue weighted by Gasteiger charge is -2.03. The minimum absolute atomic E-state index is 0.0663. The Hall–Kier alpha value is -1.62. The molecule has 0 amide bonds. The van der Waals surface area contributed by atoms with E-state index in [1.54, 1.807) is 10.6 Å². The quantitative estimate of drug-likeness (QED) is 0.736. The molecule has 0 saturated heterocycles. The van der Waals surface area contributed by atoms with E-state index in [1.165, 1.54) is 30.4 Å². The molecule has 0 fully saturated rings. The molecule has 0 aliphatic carbocycles. The highest BCUT2D eigenvalue weighted by Gasteiger charge is 2.04. The smallest absolute Gasteiger partial charge is 0.315 e. The number of pyridine rings is 1. The van der Waals surface area contributed by atoms with E-state index >= 15 is 0 Å². The largest absolute Gasteiger partial charge is 0.350 e. The van der Waals surface area contributed by atoms with Crippen LogP contribution in [0.15, 0.2) is 29.2 Å². The number of fused-ring (bicyclic) bond motifs is 1. The van der Waals surface area contributed by atoms with Gasteiger partial charge in [0.2, 0.25) is 0 Å². The topological polar surface area (TPSA) is 51.3 Å². The average Bonchev–Trinajstić information content (AvgIpc) is 2.75. The Balaban J connectivity index is 1.79. The molecule has 0 unspecified atom stereocenters. The molecule has 0 aromatic carbocycles. The van der Waals surface area contributed by atoms with E-state index in [0.29, 0.717) is 12.2 Å².